The zero-order valence-electron chi connectivity index (χ0n) is 47.5. The molecule has 0 radical (unpaired) electrons. The van der Waals surface area contributed by atoms with Gasteiger partial charge in [-0.3, -0.25) is 14.4 Å². The second-order valence-corrected chi connectivity index (χ2v) is 21.0. The molecule has 0 aliphatic carbocycles. The van der Waals surface area contributed by atoms with Crippen LogP contribution in [0.3, 0.4) is 0 Å². The van der Waals surface area contributed by atoms with Crippen molar-refractivity contribution in [2.24, 2.45) is 0 Å². The minimum atomic E-state index is -0.769. The minimum absolute atomic E-state index is 0.0677. The van der Waals surface area contributed by atoms with E-state index in [2.05, 4.69) is 69.4 Å². The fraction of sp³-hybridized carbons (Fsp3) is 0.831. The highest BCUT2D eigenvalue weighted by Crippen LogP contribution is 2.17. The van der Waals surface area contributed by atoms with E-state index in [1.54, 1.807) is 0 Å². The Morgan fingerprint density at radius 1 is 0.296 bits per heavy atom. The average Bonchev–Trinajstić information content (AvgIpc) is 3.37. The normalized spacial score (nSPS) is 12.3. The van der Waals surface area contributed by atoms with Gasteiger partial charge in [0, 0.05) is 19.3 Å². The molecule has 0 heterocycles. The summed E-state index contributed by atoms with van der Waals surface area (Å²) in [5.41, 5.74) is 0. The third kappa shape index (κ3) is 58.1. The summed E-state index contributed by atoms with van der Waals surface area (Å²) in [6, 6.07) is 0. The molecule has 0 spiro atoms. The van der Waals surface area contributed by atoms with Crippen molar-refractivity contribution in [1.29, 1.82) is 0 Å². The van der Waals surface area contributed by atoms with Crippen LogP contribution < -0.4 is 0 Å². The minimum Gasteiger partial charge on any atom is -0.462 e. The van der Waals surface area contributed by atoms with Crippen molar-refractivity contribution >= 4 is 17.9 Å². The van der Waals surface area contributed by atoms with Crippen LogP contribution in [0.4, 0.5) is 0 Å². The molecule has 0 fully saturated rings. The number of hydrogen-bond acceptors (Lipinski definition) is 6. The van der Waals surface area contributed by atoms with Crippen molar-refractivity contribution in [1.82, 2.24) is 0 Å². The van der Waals surface area contributed by atoms with E-state index in [0.29, 0.717) is 19.3 Å². The molecule has 0 amide bonds. The second kappa shape index (κ2) is 59.9. The van der Waals surface area contributed by atoms with Gasteiger partial charge in [-0.25, -0.2) is 0 Å². The lowest BCUT2D eigenvalue weighted by molar-refractivity contribution is -0.167. The molecule has 0 saturated heterocycles. The maximum absolute atomic E-state index is 12.9. The number of rotatable bonds is 57. The quantitative estimate of drug-likeness (QED) is 0.0261. The molecule has 0 bridgehead atoms. The number of hydrogen-bond donors (Lipinski definition) is 0. The molecule has 0 aromatic heterocycles. The van der Waals surface area contributed by atoms with Gasteiger partial charge in [0.1, 0.15) is 13.2 Å². The molecule has 1 atom stereocenters. The van der Waals surface area contributed by atoms with Gasteiger partial charge in [0.25, 0.3) is 0 Å². The Kier molecular flexibility index (Phi) is 57.7. The zero-order chi connectivity index (χ0) is 51.4. The smallest absolute Gasteiger partial charge is 0.306 e. The number of allylic oxidation sites excluding steroid dienone is 8. The number of esters is 3. The fourth-order valence-corrected chi connectivity index (χ4v) is 9.20. The molecular formula is C65H118O6. The van der Waals surface area contributed by atoms with Crippen LogP contribution in [0.5, 0.6) is 0 Å². The van der Waals surface area contributed by atoms with E-state index in [0.717, 1.165) is 83.5 Å². The number of unbranched alkanes of at least 4 members (excludes halogenated alkanes) is 38. The molecule has 0 N–H and O–H groups in total. The SMILES string of the molecule is CC/C=C\C/C=C\C/C=C\C/C=C\CCCCCCCCCCCCCCC(=O)OCC(COC(=O)CCCCCCCCCCCCCC)OC(=O)CCCCCCCCCCCCCCCCCC. The van der Waals surface area contributed by atoms with Crippen molar-refractivity contribution in [2.75, 3.05) is 13.2 Å². The molecule has 1 unspecified atom stereocenters. The molecule has 6 heteroatoms. The summed E-state index contributed by atoms with van der Waals surface area (Å²) in [6.45, 7) is 6.57. The Balaban J connectivity index is 4.24. The van der Waals surface area contributed by atoms with Gasteiger partial charge in [0.15, 0.2) is 6.10 Å². The fourth-order valence-electron chi connectivity index (χ4n) is 9.20. The van der Waals surface area contributed by atoms with Crippen molar-refractivity contribution in [3.8, 4) is 0 Å². The maximum atomic E-state index is 12.9. The third-order valence-corrected chi connectivity index (χ3v) is 13.8. The first-order valence-electron chi connectivity index (χ1n) is 31.1. The summed E-state index contributed by atoms with van der Waals surface area (Å²) in [7, 11) is 0. The first-order chi connectivity index (χ1) is 35.0. The largest absolute Gasteiger partial charge is 0.462 e. The lowest BCUT2D eigenvalue weighted by Crippen LogP contribution is -2.30. The van der Waals surface area contributed by atoms with E-state index >= 15 is 0 Å². The average molecular weight is 996 g/mol. The molecule has 0 rings (SSSR count). The first-order valence-corrected chi connectivity index (χ1v) is 31.1. The highest BCUT2D eigenvalue weighted by Gasteiger charge is 2.19. The predicted molar refractivity (Wildman–Crippen MR) is 307 cm³/mol. The summed E-state index contributed by atoms with van der Waals surface area (Å²) in [5, 5.41) is 0. The van der Waals surface area contributed by atoms with Crippen LogP contribution in [0, 0.1) is 0 Å². The summed E-state index contributed by atoms with van der Waals surface area (Å²) in [6.07, 6.45) is 74.0. The van der Waals surface area contributed by atoms with E-state index < -0.39 is 6.10 Å². The highest BCUT2D eigenvalue weighted by atomic mass is 16.6. The highest BCUT2D eigenvalue weighted by molar-refractivity contribution is 5.71. The summed E-state index contributed by atoms with van der Waals surface area (Å²) >= 11 is 0. The molecule has 414 valence electrons. The lowest BCUT2D eigenvalue weighted by atomic mass is 10.0. The van der Waals surface area contributed by atoms with Crippen LogP contribution in [0.2, 0.25) is 0 Å². The van der Waals surface area contributed by atoms with Crippen LogP contribution in [0.25, 0.3) is 0 Å². The monoisotopic (exact) mass is 995 g/mol. The van der Waals surface area contributed by atoms with Gasteiger partial charge in [0.05, 0.1) is 0 Å². The predicted octanol–water partition coefficient (Wildman–Crippen LogP) is 21.0. The van der Waals surface area contributed by atoms with Crippen LogP contribution in [-0.2, 0) is 28.6 Å². The van der Waals surface area contributed by atoms with Gasteiger partial charge in [-0.2, -0.15) is 0 Å². The van der Waals surface area contributed by atoms with Gasteiger partial charge < -0.3 is 14.2 Å². The molecule has 71 heavy (non-hydrogen) atoms. The molecule has 0 aromatic rings. The van der Waals surface area contributed by atoms with Crippen LogP contribution >= 0.6 is 0 Å². The molecule has 0 saturated carbocycles. The van der Waals surface area contributed by atoms with E-state index in [-0.39, 0.29) is 31.1 Å². The Hall–Kier alpha value is -2.63. The van der Waals surface area contributed by atoms with Crippen molar-refractivity contribution in [3.63, 3.8) is 0 Å². The summed E-state index contributed by atoms with van der Waals surface area (Å²) < 4.78 is 16.9. The van der Waals surface area contributed by atoms with Crippen LogP contribution in [-0.4, -0.2) is 37.2 Å². The molecule has 6 nitrogen and oxygen atoms in total. The van der Waals surface area contributed by atoms with Crippen LogP contribution in [0.15, 0.2) is 48.6 Å². The van der Waals surface area contributed by atoms with E-state index in [4.69, 9.17) is 14.2 Å². The topological polar surface area (TPSA) is 78.9 Å². The van der Waals surface area contributed by atoms with Crippen molar-refractivity contribution < 1.29 is 28.6 Å². The van der Waals surface area contributed by atoms with Crippen molar-refractivity contribution in [2.45, 2.75) is 335 Å². The van der Waals surface area contributed by atoms with E-state index in [1.165, 1.54) is 205 Å². The Labute approximate surface area is 441 Å². The molecule has 0 aliphatic rings. The van der Waals surface area contributed by atoms with E-state index in [1.807, 2.05) is 0 Å². The van der Waals surface area contributed by atoms with Gasteiger partial charge in [0.2, 0.25) is 0 Å². The zero-order valence-corrected chi connectivity index (χ0v) is 47.5. The molecule has 0 aromatic carbocycles. The standard InChI is InChI=1S/C65H118O6/c1-4-7-10-13-16-19-22-25-27-29-30-31-32-33-34-35-36-37-39-40-43-46-49-52-55-58-64(67)70-61-62(60-69-63(66)57-54-51-48-45-42-24-21-18-15-12-9-6-3)71-65(68)59-56-53-50-47-44-41-38-28-26-23-20-17-14-11-8-5-2/h7,10,16,19,25,27,30-31,62H,4-6,8-9,11-15,17-18,20-24,26,28-29,32-61H2,1-3H3/b10-7-,19-16-,27-25-,31-30-. The first kappa shape index (κ1) is 68.4. The van der Waals surface area contributed by atoms with Gasteiger partial charge in [-0.05, 0) is 57.8 Å². The Bertz CT molecular complexity index is 1230. The number of carbonyl (C=O) groups excluding carboxylic acids is 3. The summed E-state index contributed by atoms with van der Waals surface area (Å²) in [4.78, 5) is 38.2. The van der Waals surface area contributed by atoms with Crippen molar-refractivity contribution in [3.05, 3.63) is 48.6 Å². The number of carbonyl (C=O) groups is 3. The number of ether oxygens (including phenoxy) is 3. The lowest BCUT2D eigenvalue weighted by Gasteiger charge is -2.18. The molecule has 0 aliphatic heterocycles. The third-order valence-electron chi connectivity index (χ3n) is 13.8. The Morgan fingerprint density at radius 3 is 0.859 bits per heavy atom. The molecular weight excluding hydrogens is 877 g/mol. The maximum Gasteiger partial charge on any atom is 0.306 e. The second-order valence-electron chi connectivity index (χ2n) is 21.0. The Morgan fingerprint density at radius 2 is 0.549 bits per heavy atom. The van der Waals surface area contributed by atoms with Gasteiger partial charge >= 0.3 is 17.9 Å². The van der Waals surface area contributed by atoms with Crippen LogP contribution in [0.1, 0.15) is 329 Å². The summed E-state index contributed by atoms with van der Waals surface area (Å²) in [5.74, 6) is -0.849. The van der Waals surface area contributed by atoms with E-state index in [9.17, 15) is 14.4 Å². The van der Waals surface area contributed by atoms with Gasteiger partial charge in [-0.1, -0.05) is 301 Å². The van der Waals surface area contributed by atoms with Gasteiger partial charge in [-0.15, -0.1) is 0 Å².